The molecule has 0 radical (unpaired) electrons. The Morgan fingerprint density at radius 2 is 1.61 bits per heavy atom. The predicted molar refractivity (Wildman–Crippen MR) is 134 cm³/mol. The minimum absolute atomic E-state index is 0.276. The first-order chi connectivity index (χ1) is 18.2. The number of hydrogen-bond acceptors (Lipinski definition) is 6. The number of nitro groups is 2. The first-order valence-corrected chi connectivity index (χ1v) is 11.8. The lowest BCUT2D eigenvalue weighted by Gasteiger charge is -2.29. The van der Waals surface area contributed by atoms with Crippen molar-refractivity contribution >= 4 is 29.1 Å². The minimum Gasteiger partial charge on any atom is -0.267 e. The van der Waals surface area contributed by atoms with Crippen LogP contribution in [0.5, 0.6) is 0 Å². The summed E-state index contributed by atoms with van der Waals surface area (Å²) >= 11 is 0. The maximum Gasteiger partial charge on any atom is 0.289 e. The van der Waals surface area contributed by atoms with Crippen LogP contribution >= 0.6 is 0 Å². The fourth-order valence-corrected chi connectivity index (χ4v) is 5.01. The number of nitrogens with zero attached hydrogens (tertiary/aromatic N) is 4. The van der Waals surface area contributed by atoms with Gasteiger partial charge in [0.15, 0.2) is 0 Å². The van der Waals surface area contributed by atoms with Crippen molar-refractivity contribution in [2.45, 2.75) is 25.3 Å². The smallest absolute Gasteiger partial charge is 0.267 e. The third-order valence-electron chi connectivity index (χ3n) is 6.75. The van der Waals surface area contributed by atoms with Gasteiger partial charge in [0.25, 0.3) is 17.3 Å². The number of non-ortho nitro benzene ring substituents is 1. The lowest BCUT2D eigenvalue weighted by molar-refractivity contribution is -0.394. The van der Waals surface area contributed by atoms with Gasteiger partial charge in [-0.2, -0.15) is 5.10 Å². The summed E-state index contributed by atoms with van der Waals surface area (Å²) in [7, 11) is 0. The van der Waals surface area contributed by atoms with Crippen LogP contribution in [0.1, 0.15) is 46.8 Å². The molecule has 1 saturated carbocycles. The SMILES string of the molecule is O=C(c1ccc([N+](=O)[O-])cc1[N+](=O)[O-])N1N=C2/C(=C/c3ccc(F)cc3)CCCC2C1c1ccc(F)cc1. The molecule has 0 spiro atoms. The van der Waals surface area contributed by atoms with Gasteiger partial charge in [0.05, 0.1) is 27.7 Å². The largest absolute Gasteiger partial charge is 0.289 e. The first kappa shape index (κ1) is 24.9. The molecule has 2 aliphatic rings. The number of halogens is 2. The van der Waals surface area contributed by atoms with E-state index in [1.807, 2.05) is 6.08 Å². The van der Waals surface area contributed by atoms with Gasteiger partial charge in [-0.15, -0.1) is 0 Å². The van der Waals surface area contributed by atoms with Gasteiger partial charge in [-0.25, -0.2) is 13.8 Å². The molecular weight excluding hydrogens is 498 g/mol. The van der Waals surface area contributed by atoms with E-state index in [0.717, 1.165) is 40.8 Å². The van der Waals surface area contributed by atoms with Crippen molar-refractivity contribution in [1.82, 2.24) is 5.01 Å². The Morgan fingerprint density at radius 1 is 0.947 bits per heavy atom. The molecule has 1 aliphatic carbocycles. The average molecular weight is 518 g/mol. The summed E-state index contributed by atoms with van der Waals surface area (Å²) < 4.78 is 27.1. The molecule has 1 amide bonds. The number of benzene rings is 3. The van der Waals surface area contributed by atoms with E-state index in [2.05, 4.69) is 5.10 Å². The second-order valence-corrected chi connectivity index (χ2v) is 9.07. The number of amides is 1. The summed E-state index contributed by atoms with van der Waals surface area (Å²) in [5, 5.41) is 28.7. The average Bonchev–Trinajstić information content (AvgIpc) is 3.30. The molecule has 1 aliphatic heterocycles. The zero-order valence-electron chi connectivity index (χ0n) is 19.8. The van der Waals surface area contributed by atoms with Crippen molar-refractivity contribution in [2.24, 2.45) is 11.0 Å². The molecule has 3 aromatic rings. The van der Waals surface area contributed by atoms with Gasteiger partial charge < -0.3 is 0 Å². The Kier molecular flexibility index (Phi) is 6.50. The number of carbonyl (C=O) groups excluding carboxylic acids is 1. The number of hydrazone groups is 1. The van der Waals surface area contributed by atoms with E-state index in [1.54, 1.807) is 24.3 Å². The molecule has 11 heteroatoms. The van der Waals surface area contributed by atoms with Crippen molar-refractivity contribution in [3.05, 3.63) is 121 Å². The molecule has 2 unspecified atom stereocenters. The van der Waals surface area contributed by atoms with Crippen molar-refractivity contribution < 1.29 is 23.4 Å². The van der Waals surface area contributed by atoms with Gasteiger partial charge in [0, 0.05) is 12.0 Å². The molecule has 1 heterocycles. The van der Waals surface area contributed by atoms with Crippen LogP contribution in [0.2, 0.25) is 0 Å². The quantitative estimate of drug-likeness (QED) is 0.293. The number of allylic oxidation sites excluding steroid dienone is 1. The van der Waals surface area contributed by atoms with E-state index in [-0.39, 0.29) is 17.3 Å². The predicted octanol–water partition coefficient (Wildman–Crippen LogP) is 6.22. The van der Waals surface area contributed by atoms with Crippen LogP contribution in [0.4, 0.5) is 20.2 Å². The minimum atomic E-state index is -0.844. The Labute approximate surface area is 215 Å². The number of carbonyl (C=O) groups is 1. The van der Waals surface area contributed by atoms with Crippen LogP contribution in [0.15, 0.2) is 77.4 Å². The molecule has 38 heavy (non-hydrogen) atoms. The third kappa shape index (κ3) is 4.65. The van der Waals surface area contributed by atoms with Gasteiger partial charge in [0.1, 0.15) is 17.2 Å². The summed E-state index contributed by atoms with van der Waals surface area (Å²) in [6.07, 6.45) is 3.96. The maximum atomic E-state index is 13.8. The molecule has 0 bridgehead atoms. The van der Waals surface area contributed by atoms with Gasteiger partial charge in [-0.1, -0.05) is 24.3 Å². The number of hydrogen-bond donors (Lipinski definition) is 0. The molecule has 9 nitrogen and oxygen atoms in total. The van der Waals surface area contributed by atoms with Crippen molar-refractivity contribution in [2.75, 3.05) is 0 Å². The molecular formula is C27H20F2N4O5. The number of fused-ring (bicyclic) bond motifs is 1. The Bertz CT molecular complexity index is 1500. The molecule has 0 saturated heterocycles. The monoisotopic (exact) mass is 518 g/mol. The summed E-state index contributed by atoms with van der Waals surface area (Å²) in [5.41, 5.74) is 1.23. The van der Waals surface area contributed by atoms with Crippen LogP contribution in [0.3, 0.4) is 0 Å². The van der Waals surface area contributed by atoms with Crippen molar-refractivity contribution in [3.63, 3.8) is 0 Å². The van der Waals surface area contributed by atoms with E-state index in [1.165, 1.54) is 24.3 Å². The highest BCUT2D eigenvalue weighted by Crippen LogP contribution is 2.45. The van der Waals surface area contributed by atoms with Crippen molar-refractivity contribution in [3.8, 4) is 0 Å². The second kappa shape index (κ2) is 9.92. The fraction of sp³-hybridized carbons (Fsp3) is 0.185. The van der Waals surface area contributed by atoms with E-state index in [0.29, 0.717) is 24.1 Å². The summed E-state index contributed by atoms with van der Waals surface area (Å²) in [6, 6.07) is 13.7. The third-order valence-corrected chi connectivity index (χ3v) is 6.75. The topological polar surface area (TPSA) is 119 Å². The molecule has 192 valence electrons. The van der Waals surface area contributed by atoms with Crippen LogP contribution in [0.25, 0.3) is 6.08 Å². The standard InChI is InChI=1S/C27H20F2N4O5/c28-19-8-4-16(5-9-19)14-18-2-1-3-23-25(18)30-31(26(23)17-6-10-20(29)11-7-17)27(34)22-13-12-21(32(35)36)15-24(22)33(37)38/h4-15,23,26H,1-3H2/b18-14+. The summed E-state index contributed by atoms with van der Waals surface area (Å²) in [5.74, 6) is -1.91. The highest BCUT2D eigenvalue weighted by Gasteiger charge is 2.45. The Hall–Kier alpha value is -4.80. The fourth-order valence-electron chi connectivity index (χ4n) is 5.01. The lowest BCUT2D eigenvalue weighted by Crippen LogP contribution is -2.32. The summed E-state index contributed by atoms with van der Waals surface area (Å²) in [6.45, 7) is 0. The highest BCUT2D eigenvalue weighted by atomic mass is 19.1. The lowest BCUT2D eigenvalue weighted by atomic mass is 9.77. The first-order valence-electron chi connectivity index (χ1n) is 11.8. The molecule has 0 N–H and O–H groups in total. The van der Waals surface area contributed by atoms with Gasteiger partial charge in [0.2, 0.25) is 0 Å². The van der Waals surface area contributed by atoms with E-state index < -0.39 is 39.0 Å². The molecule has 1 fully saturated rings. The highest BCUT2D eigenvalue weighted by molar-refractivity contribution is 6.09. The number of nitro benzene ring substituents is 2. The maximum absolute atomic E-state index is 13.8. The van der Waals surface area contributed by atoms with Crippen molar-refractivity contribution in [1.29, 1.82) is 0 Å². The summed E-state index contributed by atoms with van der Waals surface area (Å²) in [4.78, 5) is 35.0. The number of rotatable bonds is 5. The van der Waals surface area contributed by atoms with E-state index in [9.17, 15) is 33.8 Å². The molecule has 2 atom stereocenters. The normalized spacial score (nSPS) is 19.7. The molecule has 3 aromatic carbocycles. The second-order valence-electron chi connectivity index (χ2n) is 9.07. The zero-order valence-corrected chi connectivity index (χ0v) is 19.8. The van der Waals surface area contributed by atoms with Crippen LogP contribution < -0.4 is 0 Å². The van der Waals surface area contributed by atoms with Gasteiger partial charge in [-0.3, -0.25) is 25.0 Å². The van der Waals surface area contributed by atoms with E-state index in [4.69, 9.17) is 0 Å². The van der Waals surface area contributed by atoms with Gasteiger partial charge >= 0.3 is 0 Å². The molecule has 5 rings (SSSR count). The Morgan fingerprint density at radius 3 is 2.24 bits per heavy atom. The van der Waals surface area contributed by atoms with Crippen LogP contribution in [0, 0.1) is 37.8 Å². The van der Waals surface area contributed by atoms with Crippen LogP contribution in [-0.4, -0.2) is 26.5 Å². The van der Waals surface area contributed by atoms with E-state index >= 15 is 0 Å². The molecule has 0 aromatic heterocycles. The zero-order chi connectivity index (χ0) is 27.0. The van der Waals surface area contributed by atoms with Gasteiger partial charge in [-0.05, 0) is 72.4 Å². The Balaban J connectivity index is 1.61. The van der Waals surface area contributed by atoms with Crippen LogP contribution in [-0.2, 0) is 0 Å².